The smallest absolute Gasteiger partial charge is 0.128 e. The van der Waals surface area contributed by atoms with Gasteiger partial charge in [0.25, 0.3) is 0 Å². The molecule has 0 unspecified atom stereocenters. The summed E-state index contributed by atoms with van der Waals surface area (Å²) in [7, 11) is 2.04. The van der Waals surface area contributed by atoms with Crippen molar-refractivity contribution in [2.45, 2.75) is 26.8 Å². The zero-order valence-corrected chi connectivity index (χ0v) is 9.41. The maximum Gasteiger partial charge on any atom is 0.128 e. The van der Waals surface area contributed by atoms with E-state index in [-0.39, 0.29) is 6.04 Å². The molecule has 0 aromatic carbocycles. The molecular formula is C11H19N3. The van der Waals surface area contributed by atoms with Gasteiger partial charge in [-0.2, -0.15) is 0 Å². The van der Waals surface area contributed by atoms with Crippen LogP contribution in [-0.2, 0) is 0 Å². The van der Waals surface area contributed by atoms with Crippen molar-refractivity contribution in [3.05, 3.63) is 23.4 Å². The fraction of sp³-hybridized carbons (Fsp3) is 0.545. The Morgan fingerprint density at radius 1 is 1.57 bits per heavy atom. The third-order valence-corrected chi connectivity index (χ3v) is 2.49. The van der Waals surface area contributed by atoms with Crippen LogP contribution in [0.5, 0.6) is 0 Å². The molecule has 14 heavy (non-hydrogen) atoms. The van der Waals surface area contributed by atoms with Crippen LogP contribution in [0.25, 0.3) is 0 Å². The Hall–Kier alpha value is -1.09. The standard InChI is InChI=1S/C11H19N3/c1-5-14(4)11-6-8(2)10(7-13-11)9(3)12/h6-7,9H,5,12H2,1-4H3/t9-/m0/s1. The van der Waals surface area contributed by atoms with E-state index >= 15 is 0 Å². The highest BCUT2D eigenvalue weighted by atomic mass is 15.1. The largest absolute Gasteiger partial charge is 0.360 e. The van der Waals surface area contributed by atoms with Crippen LogP contribution in [0.1, 0.15) is 31.0 Å². The molecule has 1 aromatic heterocycles. The van der Waals surface area contributed by atoms with Gasteiger partial charge >= 0.3 is 0 Å². The molecular weight excluding hydrogens is 174 g/mol. The Kier molecular flexibility index (Phi) is 3.47. The topological polar surface area (TPSA) is 42.1 Å². The number of anilines is 1. The van der Waals surface area contributed by atoms with Crippen molar-refractivity contribution in [3.8, 4) is 0 Å². The third kappa shape index (κ3) is 2.23. The average Bonchev–Trinajstić information content (AvgIpc) is 2.15. The lowest BCUT2D eigenvalue weighted by molar-refractivity contribution is 0.799. The highest BCUT2D eigenvalue weighted by Gasteiger charge is 2.06. The van der Waals surface area contributed by atoms with Crippen molar-refractivity contribution in [1.29, 1.82) is 0 Å². The quantitative estimate of drug-likeness (QED) is 0.796. The lowest BCUT2D eigenvalue weighted by atomic mass is 10.1. The minimum absolute atomic E-state index is 0.0588. The zero-order valence-electron chi connectivity index (χ0n) is 9.41. The van der Waals surface area contributed by atoms with E-state index in [1.165, 1.54) is 5.56 Å². The van der Waals surface area contributed by atoms with Crippen LogP contribution in [0.15, 0.2) is 12.3 Å². The molecule has 0 bridgehead atoms. The number of nitrogens with two attached hydrogens (primary N) is 1. The first-order chi connectivity index (χ1) is 6.56. The predicted octanol–water partition coefficient (Wildman–Crippen LogP) is 1.87. The minimum Gasteiger partial charge on any atom is -0.360 e. The molecule has 0 aliphatic rings. The van der Waals surface area contributed by atoms with E-state index in [2.05, 4.69) is 29.8 Å². The molecule has 3 nitrogen and oxygen atoms in total. The summed E-state index contributed by atoms with van der Waals surface area (Å²) < 4.78 is 0. The summed E-state index contributed by atoms with van der Waals surface area (Å²) in [5, 5.41) is 0. The van der Waals surface area contributed by atoms with E-state index in [4.69, 9.17) is 5.73 Å². The molecule has 1 atom stereocenters. The molecule has 0 fully saturated rings. The van der Waals surface area contributed by atoms with Gasteiger partial charge in [-0.15, -0.1) is 0 Å². The van der Waals surface area contributed by atoms with Gasteiger partial charge in [-0.1, -0.05) is 0 Å². The molecule has 2 N–H and O–H groups in total. The monoisotopic (exact) mass is 193 g/mol. The van der Waals surface area contributed by atoms with Crippen LogP contribution in [-0.4, -0.2) is 18.6 Å². The Labute approximate surface area is 85.9 Å². The van der Waals surface area contributed by atoms with Crippen molar-refractivity contribution < 1.29 is 0 Å². The van der Waals surface area contributed by atoms with Crippen molar-refractivity contribution in [1.82, 2.24) is 4.98 Å². The first kappa shape index (κ1) is 11.0. The van der Waals surface area contributed by atoms with Crippen LogP contribution in [0.3, 0.4) is 0 Å². The summed E-state index contributed by atoms with van der Waals surface area (Å²) >= 11 is 0. The SMILES string of the molecule is CCN(C)c1cc(C)c([C@H](C)N)cn1. The fourth-order valence-electron chi connectivity index (χ4n) is 1.40. The minimum atomic E-state index is 0.0588. The maximum atomic E-state index is 5.82. The molecule has 0 amide bonds. The molecule has 0 radical (unpaired) electrons. The van der Waals surface area contributed by atoms with Crippen LogP contribution in [0.2, 0.25) is 0 Å². The lowest BCUT2D eigenvalue weighted by Gasteiger charge is -2.18. The number of aryl methyl sites for hydroxylation is 1. The van der Waals surface area contributed by atoms with E-state index < -0.39 is 0 Å². The number of nitrogens with zero attached hydrogens (tertiary/aromatic N) is 2. The van der Waals surface area contributed by atoms with Crippen LogP contribution >= 0.6 is 0 Å². The average molecular weight is 193 g/mol. The summed E-state index contributed by atoms with van der Waals surface area (Å²) in [6, 6.07) is 2.14. The summed E-state index contributed by atoms with van der Waals surface area (Å²) in [5.41, 5.74) is 8.16. The normalized spacial score (nSPS) is 12.6. The Balaban J connectivity index is 3.00. The molecule has 0 aliphatic heterocycles. The van der Waals surface area contributed by atoms with E-state index in [9.17, 15) is 0 Å². The number of pyridine rings is 1. The predicted molar refractivity (Wildman–Crippen MR) is 60.5 cm³/mol. The second-order valence-corrected chi connectivity index (χ2v) is 3.70. The van der Waals surface area contributed by atoms with E-state index in [0.29, 0.717) is 0 Å². The maximum absolute atomic E-state index is 5.82. The van der Waals surface area contributed by atoms with Crippen LogP contribution in [0, 0.1) is 6.92 Å². The van der Waals surface area contributed by atoms with Crippen molar-refractivity contribution in [3.63, 3.8) is 0 Å². The molecule has 0 spiro atoms. The number of hydrogen-bond acceptors (Lipinski definition) is 3. The number of rotatable bonds is 3. The molecule has 0 saturated heterocycles. The highest BCUT2D eigenvalue weighted by molar-refractivity contribution is 5.43. The van der Waals surface area contributed by atoms with Gasteiger partial charge in [-0.3, -0.25) is 0 Å². The molecule has 0 saturated carbocycles. The van der Waals surface area contributed by atoms with E-state index in [1.54, 1.807) is 0 Å². The number of aromatic nitrogens is 1. The van der Waals surface area contributed by atoms with Gasteiger partial charge in [0.1, 0.15) is 5.82 Å². The van der Waals surface area contributed by atoms with Crippen LogP contribution in [0.4, 0.5) is 5.82 Å². The first-order valence-corrected chi connectivity index (χ1v) is 4.99. The van der Waals surface area contributed by atoms with Gasteiger partial charge in [-0.05, 0) is 38.0 Å². The van der Waals surface area contributed by atoms with E-state index in [1.807, 2.05) is 20.2 Å². The summed E-state index contributed by atoms with van der Waals surface area (Å²) in [6.45, 7) is 7.13. The van der Waals surface area contributed by atoms with Gasteiger partial charge in [0, 0.05) is 25.8 Å². The van der Waals surface area contributed by atoms with Crippen molar-refractivity contribution >= 4 is 5.82 Å². The molecule has 3 heteroatoms. The van der Waals surface area contributed by atoms with Gasteiger partial charge in [0.05, 0.1) is 0 Å². The first-order valence-electron chi connectivity index (χ1n) is 4.99. The molecule has 1 heterocycles. The molecule has 78 valence electrons. The van der Waals surface area contributed by atoms with Gasteiger partial charge in [0.15, 0.2) is 0 Å². The zero-order chi connectivity index (χ0) is 10.7. The van der Waals surface area contributed by atoms with Gasteiger partial charge in [0.2, 0.25) is 0 Å². The second kappa shape index (κ2) is 4.42. The van der Waals surface area contributed by atoms with Gasteiger partial charge < -0.3 is 10.6 Å². The Morgan fingerprint density at radius 3 is 2.64 bits per heavy atom. The molecule has 0 aliphatic carbocycles. The van der Waals surface area contributed by atoms with Gasteiger partial charge in [-0.25, -0.2) is 4.98 Å². The lowest BCUT2D eigenvalue weighted by Crippen LogP contribution is -2.18. The number of hydrogen-bond donors (Lipinski definition) is 1. The van der Waals surface area contributed by atoms with Crippen molar-refractivity contribution in [2.75, 3.05) is 18.5 Å². The Bertz CT molecular complexity index is 307. The molecule has 1 rings (SSSR count). The van der Waals surface area contributed by atoms with Crippen molar-refractivity contribution in [2.24, 2.45) is 5.73 Å². The Morgan fingerprint density at radius 2 is 2.21 bits per heavy atom. The highest BCUT2D eigenvalue weighted by Crippen LogP contribution is 2.18. The molecule has 1 aromatic rings. The summed E-state index contributed by atoms with van der Waals surface area (Å²) in [5.74, 6) is 1.01. The fourth-order valence-corrected chi connectivity index (χ4v) is 1.40. The summed E-state index contributed by atoms with van der Waals surface area (Å²) in [6.07, 6.45) is 1.88. The van der Waals surface area contributed by atoms with E-state index in [0.717, 1.165) is 17.9 Å². The third-order valence-electron chi connectivity index (χ3n) is 2.49. The summed E-state index contributed by atoms with van der Waals surface area (Å²) in [4.78, 5) is 6.49. The van der Waals surface area contributed by atoms with Crippen LogP contribution < -0.4 is 10.6 Å². The second-order valence-electron chi connectivity index (χ2n) is 3.70.